The van der Waals surface area contributed by atoms with Crippen molar-refractivity contribution in [3.05, 3.63) is 40.1 Å². The number of thiophene rings is 1. The highest BCUT2D eigenvalue weighted by Gasteiger charge is 2.19. The van der Waals surface area contributed by atoms with Crippen LogP contribution in [0.1, 0.15) is 11.1 Å². The SMILES string of the molecule is Nc1cc2c(cc1NCc1ccsc1)NC(=O)C2. The fourth-order valence-corrected chi connectivity index (χ4v) is 2.71. The Kier molecular flexibility index (Phi) is 2.68. The van der Waals surface area contributed by atoms with E-state index in [1.165, 1.54) is 5.56 Å². The molecule has 3 rings (SSSR count). The van der Waals surface area contributed by atoms with Gasteiger partial charge in [0.15, 0.2) is 0 Å². The molecule has 4 N–H and O–H groups in total. The van der Waals surface area contributed by atoms with E-state index in [1.54, 1.807) is 11.3 Å². The lowest BCUT2D eigenvalue weighted by Gasteiger charge is -2.10. The lowest BCUT2D eigenvalue weighted by atomic mass is 10.1. The van der Waals surface area contributed by atoms with Crippen LogP contribution in [0.5, 0.6) is 0 Å². The van der Waals surface area contributed by atoms with E-state index in [-0.39, 0.29) is 5.91 Å². The Morgan fingerprint density at radius 1 is 1.44 bits per heavy atom. The van der Waals surface area contributed by atoms with E-state index in [2.05, 4.69) is 22.1 Å². The quantitative estimate of drug-likeness (QED) is 0.742. The number of carbonyl (C=O) groups excluding carboxylic acids is 1. The van der Waals surface area contributed by atoms with Gasteiger partial charge in [-0.15, -0.1) is 0 Å². The first-order valence-electron chi connectivity index (χ1n) is 5.69. The van der Waals surface area contributed by atoms with Crippen LogP contribution in [0, 0.1) is 0 Å². The first-order valence-corrected chi connectivity index (χ1v) is 6.64. The molecular weight excluding hydrogens is 246 g/mol. The van der Waals surface area contributed by atoms with Crippen LogP contribution < -0.4 is 16.4 Å². The van der Waals surface area contributed by atoms with Crippen molar-refractivity contribution >= 4 is 34.3 Å². The molecule has 0 saturated carbocycles. The van der Waals surface area contributed by atoms with Crippen molar-refractivity contribution in [1.82, 2.24) is 0 Å². The van der Waals surface area contributed by atoms with Gasteiger partial charge in [-0.2, -0.15) is 11.3 Å². The molecule has 1 aromatic heterocycles. The highest BCUT2D eigenvalue weighted by molar-refractivity contribution is 7.07. The molecular formula is C13H13N3OS. The molecule has 0 radical (unpaired) electrons. The van der Waals surface area contributed by atoms with Crippen LogP contribution in [0.25, 0.3) is 0 Å². The first-order chi connectivity index (χ1) is 8.72. The average molecular weight is 259 g/mol. The van der Waals surface area contributed by atoms with Crippen molar-refractivity contribution in [3.63, 3.8) is 0 Å². The predicted octanol–water partition coefficient (Wildman–Crippen LogP) is 2.44. The van der Waals surface area contributed by atoms with Gasteiger partial charge < -0.3 is 16.4 Å². The zero-order valence-corrected chi connectivity index (χ0v) is 10.5. The van der Waals surface area contributed by atoms with Crippen molar-refractivity contribution in [1.29, 1.82) is 0 Å². The maximum Gasteiger partial charge on any atom is 0.228 e. The standard InChI is InChI=1S/C13H13N3OS/c14-10-3-9-4-13(17)16-11(9)5-12(10)15-6-8-1-2-18-7-8/h1-3,5,7,15H,4,6,14H2,(H,16,17). The Labute approximate surface area is 109 Å². The van der Waals surface area contributed by atoms with Crippen LogP contribution in [0.15, 0.2) is 29.0 Å². The fraction of sp³-hybridized carbons (Fsp3) is 0.154. The molecule has 0 atom stereocenters. The molecule has 5 heteroatoms. The minimum absolute atomic E-state index is 0.0272. The summed E-state index contributed by atoms with van der Waals surface area (Å²) in [6, 6.07) is 5.84. The topological polar surface area (TPSA) is 67.2 Å². The van der Waals surface area contributed by atoms with E-state index >= 15 is 0 Å². The van der Waals surface area contributed by atoms with Crippen molar-refractivity contribution in [2.75, 3.05) is 16.4 Å². The molecule has 0 bridgehead atoms. The van der Waals surface area contributed by atoms with Gasteiger partial charge in [-0.05, 0) is 40.1 Å². The zero-order chi connectivity index (χ0) is 12.5. The third-order valence-electron chi connectivity index (χ3n) is 2.96. The smallest absolute Gasteiger partial charge is 0.228 e. The van der Waals surface area contributed by atoms with E-state index < -0.39 is 0 Å². The Morgan fingerprint density at radius 3 is 3.11 bits per heavy atom. The lowest BCUT2D eigenvalue weighted by Crippen LogP contribution is -2.04. The molecule has 2 heterocycles. The fourth-order valence-electron chi connectivity index (χ4n) is 2.04. The summed E-state index contributed by atoms with van der Waals surface area (Å²) in [6.07, 6.45) is 0.421. The number of hydrogen-bond donors (Lipinski definition) is 3. The van der Waals surface area contributed by atoms with E-state index in [9.17, 15) is 4.79 Å². The van der Waals surface area contributed by atoms with Gasteiger partial charge in [0.05, 0.1) is 17.8 Å². The number of amides is 1. The number of nitrogens with one attached hydrogen (secondary N) is 2. The van der Waals surface area contributed by atoms with Gasteiger partial charge in [0, 0.05) is 12.2 Å². The number of hydrogen-bond acceptors (Lipinski definition) is 4. The summed E-state index contributed by atoms with van der Waals surface area (Å²) < 4.78 is 0. The van der Waals surface area contributed by atoms with Crippen LogP contribution in [0.2, 0.25) is 0 Å². The average Bonchev–Trinajstić information content (AvgIpc) is 2.94. The van der Waals surface area contributed by atoms with Crippen molar-refractivity contribution in [2.24, 2.45) is 0 Å². The predicted molar refractivity (Wildman–Crippen MR) is 74.8 cm³/mol. The molecule has 0 spiro atoms. The van der Waals surface area contributed by atoms with Crippen LogP contribution in [0.4, 0.5) is 17.1 Å². The van der Waals surface area contributed by atoms with Crippen molar-refractivity contribution < 1.29 is 4.79 Å². The second-order valence-corrected chi connectivity index (χ2v) is 5.09. The molecule has 1 aliphatic rings. The van der Waals surface area contributed by atoms with Crippen LogP contribution in [-0.2, 0) is 17.8 Å². The third-order valence-corrected chi connectivity index (χ3v) is 3.70. The lowest BCUT2D eigenvalue weighted by molar-refractivity contribution is -0.115. The monoisotopic (exact) mass is 259 g/mol. The number of nitrogens with two attached hydrogens (primary N) is 1. The van der Waals surface area contributed by atoms with Gasteiger partial charge >= 0.3 is 0 Å². The summed E-state index contributed by atoms with van der Waals surface area (Å²) >= 11 is 1.67. The number of fused-ring (bicyclic) bond motifs is 1. The normalized spacial score (nSPS) is 13.2. The van der Waals surface area contributed by atoms with Gasteiger partial charge in [0.1, 0.15) is 0 Å². The molecule has 1 amide bonds. The maximum absolute atomic E-state index is 11.3. The summed E-state index contributed by atoms with van der Waals surface area (Å²) in [5, 5.41) is 10.3. The molecule has 0 aliphatic carbocycles. The Morgan fingerprint density at radius 2 is 2.33 bits per heavy atom. The minimum atomic E-state index is 0.0272. The van der Waals surface area contributed by atoms with Crippen LogP contribution in [0.3, 0.4) is 0 Å². The zero-order valence-electron chi connectivity index (χ0n) is 9.69. The van der Waals surface area contributed by atoms with Gasteiger partial charge in [0.2, 0.25) is 5.91 Å². The number of benzene rings is 1. The second kappa shape index (κ2) is 4.34. The van der Waals surface area contributed by atoms with E-state index in [4.69, 9.17) is 5.73 Å². The Hall–Kier alpha value is -2.01. The van der Waals surface area contributed by atoms with E-state index in [0.29, 0.717) is 12.1 Å². The Balaban J connectivity index is 1.80. The summed E-state index contributed by atoms with van der Waals surface area (Å²) in [5.41, 5.74) is 10.6. The molecule has 1 aromatic carbocycles. The maximum atomic E-state index is 11.3. The molecule has 0 saturated heterocycles. The molecule has 18 heavy (non-hydrogen) atoms. The molecule has 0 unspecified atom stereocenters. The second-order valence-electron chi connectivity index (χ2n) is 4.31. The Bertz CT molecular complexity index is 593. The summed E-state index contributed by atoms with van der Waals surface area (Å²) in [4.78, 5) is 11.3. The van der Waals surface area contributed by atoms with Crippen LogP contribution >= 0.6 is 11.3 Å². The molecule has 2 aromatic rings. The molecule has 4 nitrogen and oxygen atoms in total. The van der Waals surface area contributed by atoms with Crippen molar-refractivity contribution in [3.8, 4) is 0 Å². The molecule has 0 fully saturated rings. The largest absolute Gasteiger partial charge is 0.397 e. The number of nitrogen functional groups attached to an aromatic ring is 1. The van der Waals surface area contributed by atoms with Crippen LogP contribution in [-0.4, -0.2) is 5.91 Å². The molecule has 92 valence electrons. The van der Waals surface area contributed by atoms with E-state index in [1.807, 2.05) is 17.5 Å². The number of carbonyl (C=O) groups is 1. The van der Waals surface area contributed by atoms with Gasteiger partial charge in [-0.3, -0.25) is 4.79 Å². The van der Waals surface area contributed by atoms with Gasteiger partial charge in [-0.1, -0.05) is 0 Å². The van der Waals surface area contributed by atoms with Gasteiger partial charge in [-0.25, -0.2) is 0 Å². The van der Waals surface area contributed by atoms with E-state index in [0.717, 1.165) is 23.5 Å². The van der Waals surface area contributed by atoms with Crippen molar-refractivity contribution in [2.45, 2.75) is 13.0 Å². The summed E-state index contributed by atoms with van der Waals surface area (Å²) in [5.74, 6) is 0.0272. The third kappa shape index (κ3) is 2.04. The highest BCUT2D eigenvalue weighted by Crippen LogP contribution is 2.31. The number of anilines is 3. The summed E-state index contributed by atoms with van der Waals surface area (Å²) in [6.45, 7) is 0.737. The minimum Gasteiger partial charge on any atom is -0.397 e. The first kappa shape index (κ1) is 11.1. The highest BCUT2D eigenvalue weighted by atomic mass is 32.1. The number of rotatable bonds is 3. The van der Waals surface area contributed by atoms with Gasteiger partial charge in [0.25, 0.3) is 0 Å². The summed E-state index contributed by atoms with van der Waals surface area (Å²) in [7, 11) is 0. The molecule has 1 aliphatic heterocycles.